The van der Waals surface area contributed by atoms with E-state index in [1.165, 1.54) is 4.88 Å². The lowest BCUT2D eigenvalue weighted by atomic mass is 9.72. The Kier molecular flexibility index (Phi) is 6.23. The molecule has 25 heavy (non-hydrogen) atoms. The second kappa shape index (κ2) is 7.84. The molecule has 4 nitrogen and oxygen atoms in total. The summed E-state index contributed by atoms with van der Waals surface area (Å²) in [5.74, 6) is 0.803. The highest BCUT2D eigenvalue weighted by molar-refractivity contribution is 7.80. The Labute approximate surface area is 160 Å². The fraction of sp³-hybridized carbons (Fsp3) is 0.632. The molecule has 1 aromatic rings. The van der Waals surface area contributed by atoms with Gasteiger partial charge in [-0.25, -0.2) is 0 Å². The largest absolute Gasteiger partial charge is 0.323 e. The number of carbonyl (C=O) groups excluding carboxylic acids is 1. The van der Waals surface area contributed by atoms with Crippen LogP contribution in [0.4, 0.5) is 5.00 Å². The van der Waals surface area contributed by atoms with Gasteiger partial charge in [-0.3, -0.25) is 4.79 Å². The zero-order valence-electron chi connectivity index (χ0n) is 15.7. The summed E-state index contributed by atoms with van der Waals surface area (Å²) < 4.78 is 0. The van der Waals surface area contributed by atoms with E-state index in [2.05, 4.69) is 37.5 Å². The third-order valence-corrected chi connectivity index (χ3v) is 6.05. The molecule has 1 atom stereocenters. The van der Waals surface area contributed by atoms with E-state index in [1.54, 1.807) is 11.3 Å². The molecule has 0 aromatic carbocycles. The van der Waals surface area contributed by atoms with Gasteiger partial charge >= 0.3 is 0 Å². The lowest BCUT2D eigenvalue weighted by Gasteiger charge is -2.33. The monoisotopic (exact) mass is 377 g/mol. The van der Waals surface area contributed by atoms with Crippen molar-refractivity contribution in [2.24, 2.45) is 17.3 Å². The molecule has 0 radical (unpaired) electrons. The van der Waals surface area contributed by atoms with Crippen LogP contribution in [0.2, 0.25) is 0 Å². The summed E-state index contributed by atoms with van der Waals surface area (Å²) in [6.45, 7) is 10.8. The summed E-state index contributed by atoms with van der Waals surface area (Å²) in [5.41, 5.74) is 2.11. The molecular weight excluding hydrogens is 350 g/mol. The molecule has 2 rings (SSSR count). The minimum absolute atomic E-state index is 0.0971. The standard InChI is InChI=1S/C19H27N3OS2/c1-11(2)8-16(23)21-18(24)22-17-14(10-20)13-7-6-12(19(3,4)5)9-15(13)25-17/h11-12H,6-9H2,1-5H3,(H2,21,22,23,24)/t12-/m1/s1. The summed E-state index contributed by atoms with van der Waals surface area (Å²) in [7, 11) is 0. The number of nitrogens with zero attached hydrogens (tertiary/aromatic N) is 1. The van der Waals surface area contributed by atoms with Crippen molar-refractivity contribution in [2.45, 2.75) is 60.3 Å². The van der Waals surface area contributed by atoms with Crippen LogP contribution in [-0.4, -0.2) is 11.0 Å². The first-order valence-electron chi connectivity index (χ1n) is 8.77. The summed E-state index contributed by atoms with van der Waals surface area (Å²) in [4.78, 5) is 13.1. The van der Waals surface area contributed by atoms with Gasteiger partial charge in [0.25, 0.3) is 0 Å². The average molecular weight is 378 g/mol. The Bertz CT molecular complexity index is 707. The van der Waals surface area contributed by atoms with E-state index in [-0.39, 0.29) is 22.4 Å². The van der Waals surface area contributed by atoms with Crippen molar-refractivity contribution in [2.75, 3.05) is 5.32 Å². The molecule has 0 saturated heterocycles. The molecule has 1 heterocycles. The van der Waals surface area contributed by atoms with Gasteiger partial charge in [0.05, 0.1) is 5.56 Å². The van der Waals surface area contributed by atoms with Crippen molar-refractivity contribution in [3.05, 3.63) is 16.0 Å². The van der Waals surface area contributed by atoms with Crippen molar-refractivity contribution in [1.29, 1.82) is 5.26 Å². The molecule has 0 spiro atoms. The van der Waals surface area contributed by atoms with Crippen molar-refractivity contribution >= 4 is 39.6 Å². The molecule has 136 valence electrons. The summed E-state index contributed by atoms with van der Waals surface area (Å²) in [6, 6.07) is 2.32. The molecule has 0 saturated carbocycles. The normalized spacial score (nSPS) is 16.9. The molecule has 0 unspecified atom stereocenters. The Balaban J connectivity index is 2.13. The van der Waals surface area contributed by atoms with Crippen LogP contribution < -0.4 is 10.6 Å². The first-order valence-corrected chi connectivity index (χ1v) is 9.99. The maximum Gasteiger partial charge on any atom is 0.226 e. The minimum Gasteiger partial charge on any atom is -0.323 e. The van der Waals surface area contributed by atoms with Gasteiger partial charge < -0.3 is 10.6 Å². The zero-order valence-corrected chi connectivity index (χ0v) is 17.3. The van der Waals surface area contributed by atoms with E-state index < -0.39 is 0 Å². The summed E-state index contributed by atoms with van der Waals surface area (Å²) in [5, 5.41) is 16.4. The first-order chi connectivity index (χ1) is 11.6. The van der Waals surface area contributed by atoms with Gasteiger partial charge in [-0.2, -0.15) is 5.26 Å². The number of fused-ring (bicyclic) bond motifs is 1. The van der Waals surface area contributed by atoms with Crippen LogP contribution in [0, 0.1) is 28.6 Å². The van der Waals surface area contributed by atoms with Crippen LogP contribution in [0.1, 0.15) is 63.5 Å². The molecule has 1 aromatic heterocycles. The predicted octanol–water partition coefficient (Wildman–Crippen LogP) is 4.63. The highest BCUT2D eigenvalue weighted by atomic mass is 32.1. The number of hydrogen-bond acceptors (Lipinski definition) is 4. The SMILES string of the molecule is CC(C)CC(=O)NC(=S)Nc1sc2c(c1C#N)CC[C@@H](C(C)(C)C)C2. The van der Waals surface area contributed by atoms with Crippen molar-refractivity contribution < 1.29 is 4.79 Å². The lowest BCUT2D eigenvalue weighted by Crippen LogP contribution is -2.34. The topological polar surface area (TPSA) is 64.9 Å². The average Bonchev–Trinajstić information content (AvgIpc) is 2.80. The number of thiocarbonyl (C=S) groups is 1. The highest BCUT2D eigenvalue weighted by Gasteiger charge is 2.32. The Hall–Kier alpha value is -1.45. The van der Waals surface area contributed by atoms with Crippen molar-refractivity contribution in [3.8, 4) is 6.07 Å². The Morgan fingerprint density at radius 1 is 1.44 bits per heavy atom. The molecule has 6 heteroatoms. The van der Waals surface area contributed by atoms with Crippen LogP contribution >= 0.6 is 23.6 Å². The molecular formula is C19H27N3OS2. The highest BCUT2D eigenvalue weighted by Crippen LogP contribution is 2.43. The fourth-order valence-electron chi connectivity index (χ4n) is 3.21. The maximum absolute atomic E-state index is 11.9. The van der Waals surface area contributed by atoms with Gasteiger partial charge in [-0.05, 0) is 54.3 Å². The fourth-order valence-corrected chi connectivity index (χ4v) is 4.78. The van der Waals surface area contributed by atoms with Gasteiger partial charge in [0, 0.05) is 11.3 Å². The van der Waals surface area contributed by atoms with Crippen LogP contribution in [0.5, 0.6) is 0 Å². The van der Waals surface area contributed by atoms with E-state index in [1.807, 2.05) is 13.8 Å². The van der Waals surface area contributed by atoms with E-state index in [0.29, 0.717) is 17.9 Å². The lowest BCUT2D eigenvalue weighted by molar-refractivity contribution is -0.120. The van der Waals surface area contributed by atoms with E-state index in [9.17, 15) is 10.1 Å². The number of anilines is 1. The molecule has 0 bridgehead atoms. The van der Waals surface area contributed by atoms with E-state index >= 15 is 0 Å². The second-order valence-corrected chi connectivity index (χ2v) is 9.74. The number of nitriles is 1. The van der Waals surface area contributed by atoms with E-state index in [4.69, 9.17) is 12.2 Å². The summed E-state index contributed by atoms with van der Waals surface area (Å²) >= 11 is 6.85. The van der Waals surface area contributed by atoms with Gasteiger partial charge in [-0.15, -0.1) is 11.3 Å². The molecule has 0 aliphatic heterocycles. The third kappa shape index (κ3) is 5.02. The van der Waals surface area contributed by atoms with Crippen LogP contribution in [0.25, 0.3) is 0 Å². The Morgan fingerprint density at radius 2 is 2.12 bits per heavy atom. The molecule has 1 amide bonds. The third-order valence-electron chi connectivity index (χ3n) is 4.68. The van der Waals surface area contributed by atoms with Crippen LogP contribution in [0.15, 0.2) is 0 Å². The number of carbonyl (C=O) groups is 1. The smallest absolute Gasteiger partial charge is 0.226 e. The van der Waals surface area contributed by atoms with Crippen molar-refractivity contribution in [1.82, 2.24) is 5.32 Å². The van der Waals surface area contributed by atoms with Crippen LogP contribution in [0.3, 0.4) is 0 Å². The second-order valence-electron chi connectivity index (χ2n) is 8.23. The van der Waals surface area contributed by atoms with Gasteiger partial charge in [0.15, 0.2) is 5.11 Å². The molecule has 0 fully saturated rings. The van der Waals surface area contributed by atoms with Gasteiger partial charge in [0.1, 0.15) is 11.1 Å². The van der Waals surface area contributed by atoms with Gasteiger partial charge in [0.2, 0.25) is 5.91 Å². The Morgan fingerprint density at radius 3 is 2.68 bits per heavy atom. The number of nitrogens with one attached hydrogen (secondary N) is 2. The number of amides is 1. The van der Waals surface area contributed by atoms with Crippen LogP contribution in [-0.2, 0) is 17.6 Å². The molecule has 1 aliphatic carbocycles. The molecule has 2 N–H and O–H groups in total. The van der Waals surface area contributed by atoms with Crippen molar-refractivity contribution in [3.63, 3.8) is 0 Å². The quantitative estimate of drug-likeness (QED) is 0.754. The van der Waals surface area contributed by atoms with Gasteiger partial charge in [-0.1, -0.05) is 34.6 Å². The predicted molar refractivity (Wildman–Crippen MR) is 108 cm³/mol. The number of hydrogen-bond donors (Lipinski definition) is 2. The number of rotatable bonds is 3. The maximum atomic E-state index is 11.9. The number of thiophene rings is 1. The first kappa shape index (κ1) is 19.9. The minimum atomic E-state index is -0.0971. The summed E-state index contributed by atoms with van der Waals surface area (Å²) in [6.07, 6.45) is 3.48. The van der Waals surface area contributed by atoms with E-state index in [0.717, 1.165) is 29.8 Å². The molecule has 1 aliphatic rings. The zero-order chi connectivity index (χ0) is 18.8.